The van der Waals surface area contributed by atoms with Crippen molar-refractivity contribution >= 4 is 11.9 Å². The van der Waals surface area contributed by atoms with Gasteiger partial charge in [-0.05, 0) is 50.3 Å². The van der Waals surface area contributed by atoms with Crippen molar-refractivity contribution in [1.82, 2.24) is 4.98 Å². The number of carboxylic acids is 2. The minimum atomic E-state index is -1.71. The molecule has 1 aromatic heterocycles. The lowest BCUT2D eigenvalue weighted by atomic mass is 9.78. The van der Waals surface area contributed by atoms with Gasteiger partial charge in [-0.3, -0.25) is 14.6 Å². The highest BCUT2D eigenvalue weighted by atomic mass is 16.4. The Morgan fingerprint density at radius 3 is 2.33 bits per heavy atom. The van der Waals surface area contributed by atoms with E-state index in [2.05, 4.69) is 4.98 Å². The highest BCUT2D eigenvalue weighted by Crippen LogP contribution is 2.32. The molecule has 0 radical (unpaired) electrons. The van der Waals surface area contributed by atoms with Crippen LogP contribution in [0, 0.1) is 5.41 Å². The number of aryl methyl sites for hydroxylation is 1. The summed E-state index contributed by atoms with van der Waals surface area (Å²) in [6.45, 7) is 0.436. The molecule has 6 heteroatoms. The fourth-order valence-corrected chi connectivity index (χ4v) is 2.36. The number of rotatable bonds is 10. The summed E-state index contributed by atoms with van der Waals surface area (Å²) in [6.07, 6.45) is 5.83. The molecule has 0 unspecified atom stereocenters. The molecular formula is C15H22N2O4. The molecule has 0 bridgehead atoms. The summed E-state index contributed by atoms with van der Waals surface area (Å²) in [4.78, 5) is 26.9. The molecule has 1 aromatic rings. The molecule has 4 N–H and O–H groups in total. The predicted molar refractivity (Wildman–Crippen MR) is 77.8 cm³/mol. The largest absolute Gasteiger partial charge is 0.480 e. The van der Waals surface area contributed by atoms with Crippen LogP contribution in [0.2, 0.25) is 0 Å². The summed E-state index contributed by atoms with van der Waals surface area (Å²) < 4.78 is 0. The Morgan fingerprint density at radius 2 is 1.81 bits per heavy atom. The van der Waals surface area contributed by atoms with Gasteiger partial charge in [0.25, 0.3) is 0 Å². The van der Waals surface area contributed by atoms with Gasteiger partial charge in [-0.25, -0.2) is 0 Å². The van der Waals surface area contributed by atoms with Crippen LogP contribution in [0.1, 0.15) is 37.7 Å². The van der Waals surface area contributed by atoms with Gasteiger partial charge in [-0.15, -0.1) is 0 Å². The molecule has 0 atom stereocenters. The van der Waals surface area contributed by atoms with E-state index in [0.717, 1.165) is 5.56 Å². The topological polar surface area (TPSA) is 114 Å². The number of hydrogen-bond donors (Lipinski definition) is 3. The first-order valence-corrected chi connectivity index (χ1v) is 7.08. The zero-order valence-electron chi connectivity index (χ0n) is 12.0. The Bertz CT molecular complexity index is 448. The van der Waals surface area contributed by atoms with Gasteiger partial charge in [0.2, 0.25) is 0 Å². The molecule has 0 fully saturated rings. The molecule has 0 aliphatic rings. The van der Waals surface area contributed by atoms with Gasteiger partial charge in [-0.2, -0.15) is 0 Å². The maximum Gasteiger partial charge on any atom is 0.321 e. The molecule has 21 heavy (non-hydrogen) atoms. The van der Waals surface area contributed by atoms with E-state index in [1.807, 2.05) is 6.07 Å². The summed E-state index contributed by atoms with van der Waals surface area (Å²) in [5.41, 5.74) is 4.65. The standard InChI is InChI=1S/C15H22N2O4/c16-9-2-1-7-15(13(18)19,14(20)21)8-3-5-12-6-4-10-17-11-12/h4,6,10-11H,1-3,5,7-9,16H2,(H,18,19)(H,20,21). The fraction of sp³-hybridized carbons (Fsp3) is 0.533. The SMILES string of the molecule is NCCCCC(CCCc1cccnc1)(C(=O)O)C(=O)O. The molecule has 1 rings (SSSR count). The smallest absolute Gasteiger partial charge is 0.321 e. The molecule has 0 saturated carbocycles. The third kappa shape index (κ3) is 4.82. The second-order valence-electron chi connectivity index (χ2n) is 5.15. The second-order valence-corrected chi connectivity index (χ2v) is 5.15. The first kappa shape index (κ1) is 17.1. The zero-order valence-corrected chi connectivity index (χ0v) is 12.0. The van der Waals surface area contributed by atoms with Crippen LogP contribution in [0.5, 0.6) is 0 Å². The van der Waals surface area contributed by atoms with Gasteiger partial charge in [-0.1, -0.05) is 12.5 Å². The van der Waals surface area contributed by atoms with Crippen molar-refractivity contribution in [2.45, 2.75) is 38.5 Å². The van der Waals surface area contributed by atoms with Crippen molar-refractivity contribution in [2.24, 2.45) is 11.1 Å². The number of nitrogens with zero attached hydrogens (tertiary/aromatic N) is 1. The van der Waals surface area contributed by atoms with Gasteiger partial charge in [0.15, 0.2) is 5.41 Å². The van der Waals surface area contributed by atoms with Crippen LogP contribution in [-0.4, -0.2) is 33.7 Å². The molecule has 1 heterocycles. The zero-order chi connectivity index (χ0) is 15.7. The number of aliphatic carboxylic acids is 2. The van der Waals surface area contributed by atoms with Crippen LogP contribution in [0.25, 0.3) is 0 Å². The molecule has 0 aromatic carbocycles. The van der Waals surface area contributed by atoms with Gasteiger partial charge < -0.3 is 15.9 Å². The Kier molecular flexibility index (Phi) is 6.81. The second kappa shape index (κ2) is 8.36. The first-order chi connectivity index (χ1) is 10.0. The maximum atomic E-state index is 11.5. The minimum Gasteiger partial charge on any atom is -0.480 e. The van der Waals surface area contributed by atoms with E-state index in [4.69, 9.17) is 5.73 Å². The van der Waals surface area contributed by atoms with Crippen LogP contribution in [0.3, 0.4) is 0 Å². The van der Waals surface area contributed by atoms with Crippen LogP contribution in [0.15, 0.2) is 24.5 Å². The lowest BCUT2D eigenvalue weighted by molar-refractivity contribution is -0.166. The number of hydrogen-bond acceptors (Lipinski definition) is 4. The molecule has 6 nitrogen and oxygen atoms in total. The summed E-state index contributed by atoms with van der Waals surface area (Å²) in [5.74, 6) is -2.53. The van der Waals surface area contributed by atoms with E-state index in [9.17, 15) is 19.8 Å². The first-order valence-electron chi connectivity index (χ1n) is 7.08. The minimum absolute atomic E-state index is 0.108. The van der Waals surface area contributed by atoms with Crippen LogP contribution >= 0.6 is 0 Å². The van der Waals surface area contributed by atoms with Crippen molar-refractivity contribution in [3.05, 3.63) is 30.1 Å². The van der Waals surface area contributed by atoms with Crippen molar-refractivity contribution < 1.29 is 19.8 Å². The third-order valence-electron chi connectivity index (χ3n) is 3.67. The molecular weight excluding hydrogens is 272 g/mol. The lowest BCUT2D eigenvalue weighted by Crippen LogP contribution is -2.39. The number of nitrogens with two attached hydrogens (primary N) is 1. The third-order valence-corrected chi connectivity index (χ3v) is 3.67. The maximum absolute atomic E-state index is 11.5. The predicted octanol–water partition coefficient (Wildman–Crippen LogP) is 1.69. The van der Waals surface area contributed by atoms with Crippen molar-refractivity contribution in [3.63, 3.8) is 0 Å². The van der Waals surface area contributed by atoms with E-state index in [1.165, 1.54) is 0 Å². The Hall–Kier alpha value is -1.95. The van der Waals surface area contributed by atoms with Gasteiger partial charge in [0.1, 0.15) is 0 Å². The van der Waals surface area contributed by atoms with E-state index >= 15 is 0 Å². The van der Waals surface area contributed by atoms with Gasteiger partial charge in [0.05, 0.1) is 0 Å². The molecule has 0 aliphatic heterocycles. The Labute approximate surface area is 124 Å². The molecule has 0 aliphatic carbocycles. The van der Waals surface area contributed by atoms with Crippen LogP contribution in [0.4, 0.5) is 0 Å². The van der Waals surface area contributed by atoms with Crippen LogP contribution in [-0.2, 0) is 16.0 Å². The normalized spacial score (nSPS) is 11.3. The monoisotopic (exact) mass is 294 g/mol. The van der Waals surface area contributed by atoms with Gasteiger partial charge >= 0.3 is 11.9 Å². The quantitative estimate of drug-likeness (QED) is 0.447. The summed E-state index contributed by atoms with van der Waals surface area (Å²) >= 11 is 0. The molecule has 0 saturated heterocycles. The summed E-state index contributed by atoms with van der Waals surface area (Å²) in [6, 6.07) is 3.70. The summed E-state index contributed by atoms with van der Waals surface area (Å²) in [7, 11) is 0. The van der Waals surface area contributed by atoms with E-state index in [1.54, 1.807) is 18.5 Å². The number of carbonyl (C=O) groups is 2. The van der Waals surface area contributed by atoms with Crippen LogP contribution < -0.4 is 5.73 Å². The molecule has 0 amide bonds. The Balaban J connectivity index is 2.67. The van der Waals surface area contributed by atoms with E-state index in [0.29, 0.717) is 32.2 Å². The van der Waals surface area contributed by atoms with E-state index < -0.39 is 17.4 Å². The molecule has 0 spiro atoms. The number of aromatic nitrogens is 1. The highest BCUT2D eigenvalue weighted by Gasteiger charge is 2.45. The average Bonchev–Trinajstić information content (AvgIpc) is 2.46. The number of unbranched alkanes of at least 4 members (excludes halogenated alkanes) is 1. The summed E-state index contributed by atoms with van der Waals surface area (Å²) in [5, 5.41) is 18.7. The Morgan fingerprint density at radius 1 is 1.14 bits per heavy atom. The average molecular weight is 294 g/mol. The van der Waals surface area contributed by atoms with Crippen molar-refractivity contribution in [1.29, 1.82) is 0 Å². The number of pyridine rings is 1. The fourth-order valence-electron chi connectivity index (χ4n) is 2.36. The van der Waals surface area contributed by atoms with Gasteiger partial charge in [0, 0.05) is 12.4 Å². The lowest BCUT2D eigenvalue weighted by Gasteiger charge is -2.24. The van der Waals surface area contributed by atoms with E-state index in [-0.39, 0.29) is 12.8 Å². The molecule has 116 valence electrons. The number of carboxylic acid groups (broad SMARTS) is 2. The van der Waals surface area contributed by atoms with Crippen molar-refractivity contribution in [3.8, 4) is 0 Å². The highest BCUT2D eigenvalue weighted by molar-refractivity contribution is 5.98. The van der Waals surface area contributed by atoms with Crippen molar-refractivity contribution in [2.75, 3.05) is 6.54 Å².